The second-order valence-corrected chi connectivity index (χ2v) is 5.95. The van der Waals surface area contributed by atoms with E-state index >= 15 is 0 Å². The number of likely N-dealkylation sites (N-methyl/N-ethyl adjacent to an activating group) is 1. The fourth-order valence-electron chi connectivity index (χ4n) is 2.79. The Morgan fingerprint density at radius 3 is 2.50 bits per heavy atom. The monoisotopic (exact) mass is 277 g/mol. The molecule has 0 unspecified atom stereocenters. The molecule has 1 fully saturated rings. The number of hydrogen-bond acceptors (Lipinski definition) is 4. The van der Waals surface area contributed by atoms with E-state index in [0.717, 1.165) is 32.0 Å². The lowest BCUT2D eigenvalue weighted by Crippen LogP contribution is -2.52. The van der Waals surface area contributed by atoms with Crippen molar-refractivity contribution in [3.05, 3.63) is 30.0 Å². The Morgan fingerprint density at radius 2 is 1.80 bits per heavy atom. The standard InChI is InChI=1S/C14H20FN5/c1-14(2,19-8-6-18(3)7-9-19)13-17-16-12-5-4-11(15)10-20(12)13/h4-5,10H,6-9H2,1-3H3. The molecule has 2 aromatic heterocycles. The van der Waals surface area contributed by atoms with Crippen LogP contribution in [0.1, 0.15) is 19.7 Å². The smallest absolute Gasteiger partial charge is 0.161 e. The second kappa shape index (κ2) is 4.79. The van der Waals surface area contributed by atoms with Crippen LogP contribution in [-0.4, -0.2) is 57.6 Å². The van der Waals surface area contributed by atoms with E-state index in [1.165, 1.54) is 12.3 Å². The van der Waals surface area contributed by atoms with Crippen LogP contribution in [0.3, 0.4) is 0 Å². The largest absolute Gasteiger partial charge is 0.304 e. The minimum absolute atomic E-state index is 0.269. The normalized spacial score (nSPS) is 18.8. The summed E-state index contributed by atoms with van der Waals surface area (Å²) >= 11 is 0. The second-order valence-electron chi connectivity index (χ2n) is 5.95. The number of nitrogens with zero attached hydrogens (tertiary/aromatic N) is 5. The Bertz CT molecular complexity index is 613. The molecule has 0 atom stereocenters. The van der Waals surface area contributed by atoms with Crippen LogP contribution in [0.15, 0.2) is 18.3 Å². The van der Waals surface area contributed by atoms with Crippen molar-refractivity contribution in [2.75, 3.05) is 33.2 Å². The Morgan fingerprint density at radius 1 is 1.10 bits per heavy atom. The van der Waals surface area contributed by atoms with E-state index in [1.807, 2.05) is 0 Å². The molecule has 3 heterocycles. The van der Waals surface area contributed by atoms with Gasteiger partial charge in [0.05, 0.1) is 5.54 Å². The van der Waals surface area contributed by atoms with E-state index in [9.17, 15) is 4.39 Å². The summed E-state index contributed by atoms with van der Waals surface area (Å²) in [5.41, 5.74) is 0.415. The van der Waals surface area contributed by atoms with Crippen LogP contribution in [0, 0.1) is 5.82 Å². The fraction of sp³-hybridized carbons (Fsp3) is 0.571. The number of hydrogen-bond donors (Lipinski definition) is 0. The number of pyridine rings is 1. The molecule has 6 heteroatoms. The molecule has 0 aromatic carbocycles. The highest BCUT2D eigenvalue weighted by atomic mass is 19.1. The zero-order valence-corrected chi connectivity index (χ0v) is 12.2. The molecule has 20 heavy (non-hydrogen) atoms. The van der Waals surface area contributed by atoms with Crippen molar-refractivity contribution in [1.82, 2.24) is 24.4 Å². The third kappa shape index (κ3) is 2.19. The quantitative estimate of drug-likeness (QED) is 0.830. The first-order valence-corrected chi connectivity index (χ1v) is 6.93. The average Bonchev–Trinajstić information content (AvgIpc) is 2.82. The molecule has 0 aliphatic carbocycles. The molecule has 1 saturated heterocycles. The van der Waals surface area contributed by atoms with Gasteiger partial charge in [-0.05, 0) is 33.0 Å². The van der Waals surface area contributed by atoms with Crippen molar-refractivity contribution >= 4 is 5.65 Å². The van der Waals surface area contributed by atoms with Crippen LogP contribution in [-0.2, 0) is 5.54 Å². The first kappa shape index (κ1) is 13.5. The topological polar surface area (TPSA) is 36.7 Å². The van der Waals surface area contributed by atoms with Crippen LogP contribution in [0.25, 0.3) is 5.65 Å². The molecule has 1 aliphatic rings. The van der Waals surface area contributed by atoms with Gasteiger partial charge in [0.25, 0.3) is 0 Å². The highest BCUT2D eigenvalue weighted by molar-refractivity contribution is 5.38. The van der Waals surface area contributed by atoms with Crippen molar-refractivity contribution < 1.29 is 4.39 Å². The van der Waals surface area contributed by atoms with Crippen molar-refractivity contribution in [3.8, 4) is 0 Å². The molecule has 0 bridgehead atoms. The van der Waals surface area contributed by atoms with E-state index in [4.69, 9.17) is 0 Å². The Kier molecular flexibility index (Phi) is 3.22. The van der Waals surface area contributed by atoms with Crippen molar-refractivity contribution in [2.45, 2.75) is 19.4 Å². The molecule has 3 rings (SSSR count). The summed E-state index contributed by atoms with van der Waals surface area (Å²) in [6, 6.07) is 3.07. The average molecular weight is 277 g/mol. The van der Waals surface area contributed by atoms with Gasteiger partial charge in [0.2, 0.25) is 0 Å². The zero-order valence-electron chi connectivity index (χ0n) is 12.2. The molecular weight excluding hydrogens is 257 g/mol. The van der Waals surface area contributed by atoms with Gasteiger partial charge in [-0.1, -0.05) is 0 Å². The molecule has 0 saturated carbocycles. The Balaban J connectivity index is 1.98. The van der Waals surface area contributed by atoms with E-state index in [0.29, 0.717) is 5.65 Å². The molecule has 1 aliphatic heterocycles. The maximum absolute atomic E-state index is 13.5. The van der Waals surface area contributed by atoms with Gasteiger partial charge in [0, 0.05) is 32.4 Å². The highest BCUT2D eigenvalue weighted by Gasteiger charge is 2.34. The van der Waals surface area contributed by atoms with E-state index in [-0.39, 0.29) is 11.4 Å². The summed E-state index contributed by atoms with van der Waals surface area (Å²) < 4.78 is 15.2. The molecule has 0 amide bonds. The van der Waals surface area contributed by atoms with Gasteiger partial charge in [0.1, 0.15) is 5.82 Å². The first-order chi connectivity index (χ1) is 9.48. The maximum Gasteiger partial charge on any atom is 0.161 e. The van der Waals surface area contributed by atoms with Gasteiger partial charge in [-0.15, -0.1) is 10.2 Å². The predicted molar refractivity (Wildman–Crippen MR) is 75.0 cm³/mol. The summed E-state index contributed by atoms with van der Waals surface area (Å²) in [5, 5.41) is 8.44. The lowest BCUT2D eigenvalue weighted by Gasteiger charge is -2.42. The molecule has 0 spiro atoms. The lowest BCUT2D eigenvalue weighted by molar-refractivity contribution is 0.0544. The van der Waals surface area contributed by atoms with Crippen LogP contribution < -0.4 is 0 Å². The predicted octanol–water partition coefficient (Wildman–Crippen LogP) is 1.35. The number of piperazine rings is 1. The third-order valence-corrected chi connectivity index (χ3v) is 4.21. The Hall–Kier alpha value is -1.53. The number of halogens is 1. The molecular formula is C14H20FN5. The fourth-order valence-corrected chi connectivity index (χ4v) is 2.79. The number of rotatable bonds is 2. The summed E-state index contributed by atoms with van der Waals surface area (Å²) in [7, 11) is 2.13. The molecule has 0 N–H and O–H groups in total. The molecule has 0 radical (unpaired) electrons. The van der Waals surface area contributed by atoms with Crippen LogP contribution in [0.5, 0.6) is 0 Å². The van der Waals surface area contributed by atoms with Crippen LogP contribution >= 0.6 is 0 Å². The van der Waals surface area contributed by atoms with Crippen LogP contribution in [0.2, 0.25) is 0 Å². The summed E-state index contributed by atoms with van der Waals surface area (Å²) in [5.74, 6) is 0.518. The minimum atomic E-state index is -0.271. The van der Waals surface area contributed by atoms with Gasteiger partial charge in [0.15, 0.2) is 11.5 Å². The highest BCUT2D eigenvalue weighted by Crippen LogP contribution is 2.27. The third-order valence-electron chi connectivity index (χ3n) is 4.21. The van der Waals surface area contributed by atoms with E-state index < -0.39 is 0 Å². The van der Waals surface area contributed by atoms with E-state index in [2.05, 4.69) is 40.9 Å². The first-order valence-electron chi connectivity index (χ1n) is 6.93. The summed E-state index contributed by atoms with van der Waals surface area (Å²) in [6.07, 6.45) is 1.46. The summed E-state index contributed by atoms with van der Waals surface area (Å²) in [4.78, 5) is 4.70. The Labute approximate surface area is 118 Å². The van der Waals surface area contributed by atoms with Gasteiger partial charge >= 0.3 is 0 Å². The number of fused-ring (bicyclic) bond motifs is 1. The molecule has 2 aromatic rings. The molecule has 108 valence electrons. The van der Waals surface area contributed by atoms with Crippen molar-refractivity contribution in [3.63, 3.8) is 0 Å². The maximum atomic E-state index is 13.5. The van der Waals surface area contributed by atoms with Gasteiger partial charge in [-0.25, -0.2) is 4.39 Å². The van der Waals surface area contributed by atoms with Crippen molar-refractivity contribution in [2.24, 2.45) is 0 Å². The molecule has 5 nitrogen and oxygen atoms in total. The zero-order chi connectivity index (χ0) is 14.3. The van der Waals surface area contributed by atoms with E-state index in [1.54, 1.807) is 10.5 Å². The number of aromatic nitrogens is 3. The van der Waals surface area contributed by atoms with Crippen LogP contribution in [0.4, 0.5) is 4.39 Å². The van der Waals surface area contributed by atoms with Gasteiger partial charge in [-0.3, -0.25) is 9.30 Å². The van der Waals surface area contributed by atoms with Gasteiger partial charge in [-0.2, -0.15) is 0 Å². The van der Waals surface area contributed by atoms with Gasteiger partial charge < -0.3 is 4.90 Å². The lowest BCUT2D eigenvalue weighted by atomic mass is 10.0. The minimum Gasteiger partial charge on any atom is -0.304 e. The SMILES string of the molecule is CN1CCN(C(C)(C)c2nnc3ccc(F)cn23)CC1. The summed E-state index contributed by atoms with van der Waals surface area (Å²) in [6.45, 7) is 8.28. The van der Waals surface area contributed by atoms with Crippen molar-refractivity contribution in [1.29, 1.82) is 0 Å².